The highest BCUT2D eigenvalue weighted by atomic mass is 16.5. The van der Waals surface area contributed by atoms with Crippen LogP contribution in [0.1, 0.15) is 39.0 Å². The van der Waals surface area contributed by atoms with Crippen molar-refractivity contribution in [3.05, 3.63) is 72.5 Å². The van der Waals surface area contributed by atoms with E-state index in [9.17, 15) is 0 Å². The van der Waals surface area contributed by atoms with Crippen molar-refractivity contribution in [2.24, 2.45) is 10.9 Å². The lowest BCUT2D eigenvalue weighted by molar-refractivity contribution is 0.199. The average molecular weight is 349 g/mol. The number of nitrogens with zero attached hydrogens (tertiary/aromatic N) is 1. The Morgan fingerprint density at radius 2 is 1.62 bits per heavy atom. The number of benzene rings is 2. The molecule has 136 valence electrons. The Bertz CT molecular complexity index is 716. The van der Waals surface area contributed by atoms with E-state index in [1.807, 2.05) is 67.6 Å². The molecular formula is C23H27NO2. The molecule has 0 radical (unpaired) electrons. The minimum absolute atomic E-state index is 0.632. The maximum Gasteiger partial charge on any atom is 0.219 e. The van der Waals surface area contributed by atoms with Crippen LogP contribution in [0.5, 0.6) is 5.75 Å². The monoisotopic (exact) mass is 349 g/mol. The average Bonchev–Trinajstić information content (AvgIpc) is 2.71. The first-order valence-corrected chi connectivity index (χ1v) is 9.46. The van der Waals surface area contributed by atoms with Crippen LogP contribution in [0.3, 0.4) is 0 Å². The Morgan fingerprint density at radius 1 is 0.962 bits per heavy atom. The lowest BCUT2D eigenvalue weighted by Crippen LogP contribution is -2.17. The number of para-hydroxylation sites is 2. The fraction of sp³-hybridized carbons (Fsp3) is 0.348. The van der Waals surface area contributed by atoms with Gasteiger partial charge in [0, 0.05) is 5.57 Å². The van der Waals surface area contributed by atoms with Crippen molar-refractivity contribution >= 4 is 11.6 Å². The molecule has 0 atom stereocenters. The summed E-state index contributed by atoms with van der Waals surface area (Å²) >= 11 is 0. The highest BCUT2D eigenvalue weighted by Gasteiger charge is 2.16. The van der Waals surface area contributed by atoms with Crippen LogP contribution in [0.2, 0.25) is 0 Å². The first-order valence-electron chi connectivity index (χ1n) is 9.46. The van der Waals surface area contributed by atoms with Gasteiger partial charge in [-0.25, -0.2) is 4.99 Å². The van der Waals surface area contributed by atoms with Gasteiger partial charge in [-0.05, 0) is 49.9 Å². The third-order valence-corrected chi connectivity index (χ3v) is 4.62. The van der Waals surface area contributed by atoms with Crippen LogP contribution in [0.25, 0.3) is 0 Å². The summed E-state index contributed by atoms with van der Waals surface area (Å²) in [6, 6.07) is 19.7. The van der Waals surface area contributed by atoms with Crippen molar-refractivity contribution in [3.63, 3.8) is 0 Å². The third kappa shape index (κ3) is 5.76. The highest BCUT2D eigenvalue weighted by Crippen LogP contribution is 2.24. The van der Waals surface area contributed by atoms with E-state index >= 15 is 0 Å². The molecule has 1 fully saturated rings. The molecule has 1 saturated carbocycles. The zero-order valence-corrected chi connectivity index (χ0v) is 15.4. The molecule has 1 aliphatic carbocycles. The first-order chi connectivity index (χ1) is 12.8. The molecule has 2 aromatic carbocycles. The highest BCUT2D eigenvalue weighted by molar-refractivity contribution is 5.94. The molecule has 1 aliphatic rings. The third-order valence-electron chi connectivity index (χ3n) is 4.62. The quantitative estimate of drug-likeness (QED) is 0.348. The molecule has 0 aromatic heterocycles. The predicted octanol–water partition coefficient (Wildman–Crippen LogP) is 6.30. The van der Waals surface area contributed by atoms with E-state index in [1.54, 1.807) is 6.26 Å². The van der Waals surface area contributed by atoms with E-state index in [-0.39, 0.29) is 0 Å². The zero-order valence-electron chi connectivity index (χ0n) is 15.4. The Hall–Kier alpha value is -2.55. The maximum atomic E-state index is 6.14. The predicted molar refractivity (Wildman–Crippen MR) is 107 cm³/mol. The SMILES string of the molecule is CC(=C\Oc1ccccc1)/C(=N\c1ccccc1)OCC1CCCCC1. The van der Waals surface area contributed by atoms with E-state index in [2.05, 4.69) is 0 Å². The van der Waals surface area contributed by atoms with Gasteiger partial charge in [0.05, 0.1) is 18.6 Å². The molecule has 0 spiro atoms. The summed E-state index contributed by atoms with van der Waals surface area (Å²) in [4.78, 5) is 4.70. The van der Waals surface area contributed by atoms with E-state index < -0.39 is 0 Å². The van der Waals surface area contributed by atoms with Gasteiger partial charge in [0.15, 0.2) is 0 Å². The second kappa shape index (κ2) is 9.81. The van der Waals surface area contributed by atoms with Gasteiger partial charge >= 0.3 is 0 Å². The smallest absolute Gasteiger partial charge is 0.219 e. The summed E-state index contributed by atoms with van der Waals surface area (Å²) in [5.74, 6) is 2.07. The number of ether oxygens (including phenoxy) is 2. The lowest BCUT2D eigenvalue weighted by atomic mass is 9.90. The van der Waals surface area contributed by atoms with Gasteiger partial charge in [-0.3, -0.25) is 0 Å². The van der Waals surface area contributed by atoms with Crippen molar-refractivity contribution in [1.29, 1.82) is 0 Å². The molecule has 26 heavy (non-hydrogen) atoms. The topological polar surface area (TPSA) is 30.8 Å². The lowest BCUT2D eigenvalue weighted by Gasteiger charge is -2.22. The number of aliphatic imine (C=N–C) groups is 1. The van der Waals surface area contributed by atoms with E-state index in [1.165, 1.54) is 32.1 Å². The number of hydrogen-bond donors (Lipinski definition) is 0. The van der Waals surface area contributed by atoms with Crippen LogP contribution in [0, 0.1) is 5.92 Å². The van der Waals surface area contributed by atoms with Crippen LogP contribution in [0.4, 0.5) is 5.69 Å². The first kappa shape index (κ1) is 18.2. The van der Waals surface area contributed by atoms with Gasteiger partial charge < -0.3 is 9.47 Å². The molecular weight excluding hydrogens is 322 g/mol. The summed E-state index contributed by atoms with van der Waals surface area (Å²) in [7, 11) is 0. The normalized spacial score (nSPS) is 16.3. The van der Waals surface area contributed by atoms with Crippen molar-refractivity contribution in [1.82, 2.24) is 0 Å². The molecule has 0 heterocycles. The number of rotatable bonds is 6. The summed E-state index contributed by atoms with van der Waals surface area (Å²) in [6.45, 7) is 2.70. The van der Waals surface area contributed by atoms with Crippen molar-refractivity contribution in [2.75, 3.05) is 6.61 Å². The van der Waals surface area contributed by atoms with Crippen LogP contribution in [-0.4, -0.2) is 12.5 Å². The fourth-order valence-electron chi connectivity index (χ4n) is 3.11. The van der Waals surface area contributed by atoms with Crippen LogP contribution >= 0.6 is 0 Å². The van der Waals surface area contributed by atoms with Crippen LogP contribution in [-0.2, 0) is 4.74 Å². The summed E-state index contributed by atoms with van der Waals surface area (Å²) < 4.78 is 11.9. The van der Waals surface area contributed by atoms with Gasteiger partial charge in [-0.1, -0.05) is 55.7 Å². The molecule has 0 amide bonds. The molecule has 3 nitrogen and oxygen atoms in total. The molecule has 3 rings (SSSR count). The second-order valence-corrected chi connectivity index (χ2v) is 6.80. The molecule has 3 heteroatoms. The maximum absolute atomic E-state index is 6.14. The zero-order chi connectivity index (χ0) is 18.0. The summed E-state index contributed by atoms with van der Waals surface area (Å²) in [6.07, 6.45) is 8.20. The second-order valence-electron chi connectivity index (χ2n) is 6.80. The molecule has 2 aromatic rings. The van der Waals surface area contributed by atoms with Gasteiger partial charge in [0.1, 0.15) is 5.75 Å². The molecule has 0 N–H and O–H groups in total. The molecule has 0 unspecified atom stereocenters. The van der Waals surface area contributed by atoms with Gasteiger partial charge in [-0.15, -0.1) is 0 Å². The minimum Gasteiger partial charge on any atom is -0.477 e. The summed E-state index contributed by atoms with van der Waals surface area (Å²) in [5, 5.41) is 0. The van der Waals surface area contributed by atoms with Crippen molar-refractivity contribution in [3.8, 4) is 5.75 Å². The number of hydrogen-bond acceptors (Lipinski definition) is 3. The van der Waals surface area contributed by atoms with Gasteiger partial charge in [-0.2, -0.15) is 0 Å². The Labute approximate surface area is 156 Å². The van der Waals surface area contributed by atoms with E-state index in [4.69, 9.17) is 14.5 Å². The Morgan fingerprint density at radius 3 is 2.31 bits per heavy atom. The van der Waals surface area contributed by atoms with Crippen LogP contribution < -0.4 is 4.74 Å². The van der Waals surface area contributed by atoms with Crippen LogP contribution in [0.15, 0.2) is 77.5 Å². The van der Waals surface area contributed by atoms with E-state index in [0.29, 0.717) is 11.8 Å². The molecule has 0 bridgehead atoms. The van der Waals surface area contributed by atoms with Gasteiger partial charge in [0.2, 0.25) is 5.90 Å². The summed E-state index contributed by atoms with van der Waals surface area (Å²) in [5.41, 5.74) is 1.77. The van der Waals surface area contributed by atoms with Crippen molar-refractivity contribution in [2.45, 2.75) is 39.0 Å². The van der Waals surface area contributed by atoms with Gasteiger partial charge in [0.25, 0.3) is 0 Å². The largest absolute Gasteiger partial charge is 0.477 e. The Kier molecular flexibility index (Phi) is 6.88. The fourth-order valence-corrected chi connectivity index (χ4v) is 3.11. The molecule has 0 saturated heterocycles. The van der Waals surface area contributed by atoms with Crippen molar-refractivity contribution < 1.29 is 9.47 Å². The standard InChI is InChI=1S/C23H27NO2/c1-19(17-25-22-15-9-4-10-16-22)23(24-21-13-7-3-8-14-21)26-18-20-11-5-2-6-12-20/h3-4,7-10,13-17,20H,2,5-6,11-12,18H2,1H3/b19-17+,24-23+. The Balaban J connectivity index is 1.71. The minimum atomic E-state index is 0.632. The molecule has 0 aliphatic heterocycles. The van der Waals surface area contributed by atoms with E-state index in [0.717, 1.165) is 23.6 Å².